The molecule has 1 heterocycles. The molecule has 0 N–H and O–H groups in total. The van der Waals surface area contributed by atoms with E-state index in [1.807, 2.05) is 0 Å². The molecular formula is C18H16ClNO3. The number of benzene rings is 1. The lowest BCUT2D eigenvalue weighted by Crippen LogP contribution is -2.13. The molecule has 0 radical (unpaired) electrons. The van der Waals surface area contributed by atoms with Crippen LogP contribution in [0.4, 0.5) is 0 Å². The molecule has 0 amide bonds. The quantitative estimate of drug-likeness (QED) is 0.620. The third-order valence-electron chi connectivity index (χ3n) is 4.23. The summed E-state index contributed by atoms with van der Waals surface area (Å²) in [6, 6.07) is 6.92. The Morgan fingerprint density at radius 3 is 2.91 bits per heavy atom. The number of carbonyl (C=O) groups excluding carboxylic acids is 2. The number of esters is 1. The van der Waals surface area contributed by atoms with Gasteiger partial charge in [0.05, 0.1) is 17.7 Å². The molecular weight excluding hydrogens is 314 g/mol. The van der Waals surface area contributed by atoms with Crippen molar-refractivity contribution in [1.82, 2.24) is 4.98 Å². The van der Waals surface area contributed by atoms with Crippen molar-refractivity contribution in [2.45, 2.75) is 25.2 Å². The Labute approximate surface area is 139 Å². The number of fused-ring (bicyclic) bond motifs is 1. The third kappa shape index (κ3) is 2.99. The summed E-state index contributed by atoms with van der Waals surface area (Å²) < 4.78 is 4.74. The largest absolute Gasteiger partial charge is 0.465 e. The van der Waals surface area contributed by atoms with Crippen molar-refractivity contribution in [3.8, 4) is 0 Å². The van der Waals surface area contributed by atoms with Gasteiger partial charge in [-0.05, 0) is 48.6 Å². The van der Waals surface area contributed by atoms with Crippen LogP contribution in [0.15, 0.2) is 36.7 Å². The zero-order valence-electron chi connectivity index (χ0n) is 12.7. The summed E-state index contributed by atoms with van der Waals surface area (Å²) in [6.07, 6.45) is 5.56. The zero-order chi connectivity index (χ0) is 16.4. The molecule has 1 aliphatic rings. The molecule has 0 spiro atoms. The maximum absolute atomic E-state index is 12.9. The number of nitrogens with zero attached hydrogens (tertiary/aromatic N) is 1. The van der Waals surface area contributed by atoms with E-state index in [0.717, 1.165) is 30.4 Å². The van der Waals surface area contributed by atoms with E-state index in [1.54, 1.807) is 36.7 Å². The number of pyridine rings is 1. The van der Waals surface area contributed by atoms with Crippen molar-refractivity contribution >= 4 is 23.4 Å². The minimum Gasteiger partial charge on any atom is -0.465 e. The SMILES string of the molecule is COC(=O)c1ccc2c(c1)CCCC(c1ccncc1Cl)C2=O. The van der Waals surface area contributed by atoms with E-state index in [1.165, 1.54) is 7.11 Å². The number of rotatable bonds is 2. The minimum atomic E-state index is -0.391. The van der Waals surface area contributed by atoms with Crippen LogP contribution in [0.2, 0.25) is 5.02 Å². The van der Waals surface area contributed by atoms with Gasteiger partial charge in [-0.3, -0.25) is 9.78 Å². The second-order valence-electron chi connectivity index (χ2n) is 5.57. The minimum absolute atomic E-state index is 0.0435. The second-order valence-corrected chi connectivity index (χ2v) is 5.98. The standard InChI is InChI=1S/C18H16ClNO3/c1-23-18(22)12-5-6-13-11(9-12)3-2-4-15(17(13)21)14-7-8-20-10-16(14)19/h5-10,15H,2-4H2,1H3. The van der Waals surface area contributed by atoms with E-state index in [9.17, 15) is 9.59 Å². The topological polar surface area (TPSA) is 56.3 Å². The van der Waals surface area contributed by atoms with Gasteiger partial charge in [0.1, 0.15) is 0 Å². The molecule has 118 valence electrons. The summed E-state index contributed by atoms with van der Waals surface area (Å²) in [4.78, 5) is 28.6. The molecule has 1 aromatic carbocycles. The Hall–Kier alpha value is -2.20. The number of aromatic nitrogens is 1. The Morgan fingerprint density at radius 1 is 1.35 bits per heavy atom. The van der Waals surface area contributed by atoms with E-state index in [0.29, 0.717) is 16.1 Å². The number of halogens is 1. The molecule has 2 aromatic rings. The first-order valence-electron chi connectivity index (χ1n) is 7.46. The lowest BCUT2D eigenvalue weighted by molar-refractivity contribution is 0.0600. The Kier molecular flexibility index (Phi) is 4.44. The molecule has 1 aliphatic carbocycles. The van der Waals surface area contributed by atoms with Crippen LogP contribution in [0.1, 0.15) is 50.6 Å². The van der Waals surface area contributed by atoms with Crippen molar-refractivity contribution in [2.24, 2.45) is 0 Å². The molecule has 1 unspecified atom stereocenters. The number of methoxy groups -OCH3 is 1. The average Bonchev–Trinajstić information content (AvgIpc) is 2.73. The van der Waals surface area contributed by atoms with E-state index in [4.69, 9.17) is 16.3 Å². The highest BCUT2D eigenvalue weighted by Crippen LogP contribution is 2.35. The maximum Gasteiger partial charge on any atom is 0.337 e. The van der Waals surface area contributed by atoms with Crippen LogP contribution in [0.25, 0.3) is 0 Å². The summed E-state index contributed by atoms with van der Waals surface area (Å²) in [7, 11) is 1.35. The van der Waals surface area contributed by atoms with Gasteiger partial charge in [-0.15, -0.1) is 0 Å². The van der Waals surface area contributed by atoms with Gasteiger partial charge >= 0.3 is 5.97 Å². The normalized spacial score (nSPS) is 17.3. The first-order valence-corrected chi connectivity index (χ1v) is 7.84. The number of ether oxygens (including phenoxy) is 1. The summed E-state index contributed by atoms with van der Waals surface area (Å²) in [5, 5.41) is 0.514. The first-order chi connectivity index (χ1) is 11.1. The highest BCUT2D eigenvalue weighted by Gasteiger charge is 2.28. The van der Waals surface area contributed by atoms with Gasteiger partial charge in [0.25, 0.3) is 0 Å². The Bertz CT molecular complexity index is 773. The monoisotopic (exact) mass is 329 g/mol. The molecule has 0 fully saturated rings. The van der Waals surface area contributed by atoms with Gasteiger partial charge in [0.15, 0.2) is 5.78 Å². The number of hydrogen-bond acceptors (Lipinski definition) is 4. The second kappa shape index (κ2) is 6.50. The van der Waals surface area contributed by atoms with E-state index >= 15 is 0 Å². The van der Waals surface area contributed by atoms with Crippen LogP contribution in [0, 0.1) is 0 Å². The summed E-state index contributed by atoms with van der Waals surface area (Å²) in [5.74, 6) is -0.615. The first kappa shape index (κ1) is 15.7. The van der Waals surface area contributed by atoms with Gasteiger partial charge in [-0.25, -0.2) is 4.79 Å². The molecule has 5 heteroatoms. The highest BCUT2D eigenvalue weighted by atomic mass is 35.5. The number of hydrogen-bond donors (Lipinski definition) is 0. The molecule has 4 nitrogen and oxygen atoms in total. The van der Waals surface area contributed by atoms with Gasteiger partial charge in [-0.2, -0.15) is 0 Å². The fourth-order valence-electron chi connectivity index (χ4n) is 3.07. The predicted octanol–water partition coefficient (Wildman–Crippen LogP) is 3.82. The van der Waals surface area contributed by atoms with E-state index in [2.05, 4.69) is 4.98 Å². The molecule has 1 aromatic heterocycles. The van der Waals surface area contributed by atoms with Crippen LogP contribution >= 0.6 is 11.6 Å². The fourth-order valence-corrected chi connectivity index (χ4v) is 3.32. The lowest BCUT2D eigenvalue weighted by Gasteiger charge is -2.15. The molecule has 23 heavy (non-hydrogen) atoms. The zero-order valence-corrected chi connectivity index (χ0v) is 13.5. The number of Topliss-reactive ketones (excluding diaryl/α,β-unsaturated/α-hetero) is 1. The van der Waals surface area contributed by atoms with Gasteiger partial charge in [-0.1, -0.05) is 17.7 Å². The van der Waals surface area contributed by atoms with Crippen LogP contribution < -0.4 is 0 Å². The van der Waals surface area contributed by atoms with E-state index < -0.39 is 5.97 Å². The summed E-state index contributed by atoms with van der Waals surface area (Å²) >= 11 is 6.21. The molecule has 0 aliphatic heterocycles. The number of aryl methyl sites for hydroxylation is 1. The smallest absolute Gasteiger partial charge is 0.337 e. The summed E-state index contributed by atoms with van der Waals surface area (Å²) in [5.41, 5.74) is 2.84. The molecule has 0 saturated carbocycles. The van der Waals surface area contributed by atoms with E-state index in [-0.39, 0.29) is 11.7 Å². The molecule has 3 rings (SSSR count). The number of carbonyl (C=O) groups is 2. The lowest BCUT2D eigenvalue weighted by atomic mass is 9.89. The van der Waals surface area contributed by atoms with Gasteiger partial charge in [0.2, 0.25) is 0 Å². The predicted molar refractivity (Wildman–Crippen MR) is 87.0 cm³/mol. The maximum atomic E-state index is 12.9. The number of ketones is 1. The van der Waals surface area contributed by atoms with Crippen molar-refractivity contribution in [2.75, 3.05) is 7.11 Å². The Balaban J connectivity index is 2.01. The highest BCUT2D eigenvalue weighted by molar-refractivity contribution is 6.31. The van der Waals surface area contributed by atoms with Gasteiger partial charge in [0, 0.05) is 23.9 Å². The van der Waals surface area contributed by atoms with Crippen LogP contribution in [0.5, 0.6) is 0 Å². The molecule has 0 saturated heterocycles. The van der Waals surface area contributed by atoms with Crippen molar-refractivity contribution in [1.29, 1.82) is 0 Å². The van der Waals surface area contributed by atoms with Crippen LogP contribution in [-0.4, -0.2) is 23.8 Å². The molecule has 0 bridgehead atoms. The van der Waals surface area contributed by atoms with Crippen molar-refractivity contribution in [3.63, 3.8) is 0 Å². The fraction of sp³-hybridized carbons (Fsp3) is 0.278. The third-order valence-corrected chi connectivity index (χ3v) is 4.54. The van der Waals surface area contributed by atoms with Crippen molar-refractivity contribution in [3.05, 3.63) is 63.9 Å². The van der Waals surface area contributed by atoms with Gasteiger partial charge < -0.3 is 4.74 Å². The van der Waals surface area contributed by atoms with Crippen LogP contribution in [-0.2, 0) is 11.2 Å². The van der Waals surface area contributed by atoms with Crippen molar-refractivity contribution < 1.29 is 14.3 Å². The van der Waals surface area contributed by atoms with Crippen LogP contribution in [0.3, 0.4) is 0 Å². The summed E-state index contributed by atoms with van der Waals surface area (Å²) in [6.45, 7) is 0. The Morgan fingerprint density at radius 2 is 2.17 bits per heavy atom. The molecule has 1 atom stereocenters. The average molecular weight is 330 g/mol.